The highest BCUT2D eigenvalue weighted by molar-refractivity contribution is 7.88. The van der Waals surface area contributed by atoms with Crippen LogP contribution in [-0.4, -0.2) is 55.6 Å². The van der Waals surface area contributed by atoms with Crippen LogP contribution in [0.1, 0.15) is 64.8 Å². The summed E-state index contributed by atoms with van der Waals surface area (Å²) in [4.78, 5) is 39.9. The Morgan fingerprint density at radius 2 is 1.86 bits per heavy atom. The van der Waals surface area contributed by atoms with Crippen LogP contribution in [0.2, 0.25) is 5.02 Å². The van der Waals surface area contributed by atoms with Crippen molar-refractivity contribution in [3.8, 4) is 5.75 Å². The van der Waals surface area contributed by atoms with Crippen LogP contribution in [0.25, 0.3) is 0 Å². The quantitative estimate of drug-likeness (QED) is 0.348. The second kappa shape index (κ2) is 12.8. The zero-order chi connectivity index (χ0) is 29.9. The van der Waals surface area contributed by atoms with Crippen LogP contribution in [0, 0.1) is 0 Å². The van der Waals surface area contributed by atoms with Gasteiger partial charge in [0.15, 0.2) is 0 Å². The number of carbonyl (C=O) groups excluding carboxylic acids is 2. The predicted octanol–water partition coefficient (Wildman–Crippen LogP) is 4.13. The first kappa shape index (κ1) is 30.0. The second-order valence-electron chi connectivity index (χ2n) is 10.6. The zero-order valence-corrected chi connectivity index (χ0v) is 24.9. The number of ether oxygens (including phenoxy) is 1. The van der Waals surface area contributed by atoms with Crippen molar-refractivity contribution in [2.45, 2.75) is 56.3 Å². The van der Waals surface area contributed by atoms with Crippen molar-refractivity contribution in [2.24, 2.45) is 0 Å². The lowest BCUT2D eigenvalue weighted by molar-refractivity contribution is -0.138. The average Bonchev–Trinajstić information content (AvgIpc) is 2.97. The first-order valence-corrected chi connectivity index (χ1v) is 16.0. The summed E-state index contributed by atoms with van der Waals surface area (Å²) in [7, 11) is -2.06. The van der Waals surface area contributed by atoms with Crippen molar-refractivity contribution >= 4 is 33.4 Å². The molecule has 5 rings (SSSR count). The number of fused-ring (bicyclic) bond motifs is 1. The number of rotatable bonds is 9. The number of halogens is 1. The maximum atomic E-state index is 14.4. The Bertz CT molecular complexity index is 1540. The summed E-state index contributed by atoms with van der Waals surface area (Å²) in [5.41, 5.74) is 4.73. The standard InChI is InChI=1S/C30H33ClN4O6S/c1-40-22-14-15-23-24(17-22)30(37)35(26-9-4-3-8-25(26)34-42(2,38)39)28(19-10-12-20(31)13-11-19)27(23)29(36)33-41-18-21-7-5-6-16-32-21/h5-7,10-17,25-28,34H,3-4,8-9,18H2,1-2H3,(H,33,36)/t25-,26-,27+,28-/m0/s1. The van der Waals surface area contributed by atoms with Crippen molar-refractivity contribution in [3.63, 3.8) is 0 Å². The minimum Gasteiger partial charge on any atom is -0.497 e. The molecule has 0 spiro atoms. The van der Waals surface area contributed by atoms with Crippen LogP contribution in [0.4, 0.5) is 0 Å². The molecule has 0 radical (unpaired) electrons. The fourth-order valence-corrected chi connectivity index (χ4v) is 6.91. The summed E-state index contributed by atoms with van der Waals surface area (Å²) in [6.45, 7) is 0.0476. The first-order chi connectivity index (χ1) is 20.2. The molecule has 2 heterocycles. The normalized spacial score (nSPS) is 22.4. The smallest absolute Gasteiger partial charge is 0.255 e. The highest BCUT2D eigenvalue weighted by atomic mass is 35.5. The Morgan fingerprint density at radius 1 is 1.10 bits per heavy atom. The Morgan fingerprint density at radius 3 is 2.55 bits per heavy atom. The second-order valence-corrected chi connectivity index (χ2v) is 12.8. The lowest BCUT2D eigenvalue weighted by atomic mass is 9.76. The van der Waals surface area contributed by atoms with Crippen molar-refractivity contribution < 1.29 is 27.6 Å². The van der Waals surface area contributed by atoms with Crippen LogP contribution in [0.3, 0.4) is 0 Å². The van der Waals surface area contributed by atoms with E-state index in [0.29, 0.717) is 46.0 Å². The molecule has 1 aliphatic heterocycles. The number of nitrogens with zero attached hydrogens (tertiary/aromatic N) is 2. The van der Waals surface area contributed by atoms with Gasteiger partial charge in [-0.25, -0.2) is 18.6 Å². The molecule has 222 valence electrons. The van der Waals surface area contributed by atoms with E-state index >= 15 is 0 Å². The summed E-state index contributed by atoms with van der Waals surface area (Å²) < 4.78 is 32.9. The van der Waals surface area contributed by atoms with E-state index in [2.05, 4.69) is 15.2 Å². The zero-order valence-electron chi connectivity index (χ0n) is 23.3. The van der Waals surface area contributed by atoms with Gasteiger partial charge in [-0.1, -0.05) is 48.7 Å². The van der Waals surface area contributed by atoms with E-state index in [-0.39, 0.29) is 12.5 Å². The van der Waals surface area contributed by atoms with Gasteiger partial charge in [-0.2, -0.15) is 0 Å². The Kier molecular flexibility index (Phi) is 9.12. The molecule has 1 aliphatic carbocycles. The van der Waals surface area contributed by atoms with Crippen LogP contribution in [0.5, 0.6) is 5.75 Å². The van der Waals surface area contributed by atoms with Gasteiger partial charge >= 0.3 is 0 Å². The van der Waals surface area contributed by atoms with E-state index in [1.165, 1.54) is 7.11 Å². The first-order valence-electron chi connectivity index (χ1n) is 13.7. The number of pyridine rings is 1. The van der Waals surface area contributed by atoms with E-state index < -0.39 is 40.0 Å². The lowest BCUT2D eigenvalue weighted by Crippen LogP contribution is -2.59. The summed E-state index contributed by atoms with van der Waals surface area (Å²) in [5.74, 6) is -1.20. The molecule has 3 aromatic rings. The lowest BCUT2D eigenvalue weighted by Gasteiger charge is -2.49. The largest absolute Gasteiger partial charge is 0.497 e. The average molecular weight is 613 g/mol. The fourth-order valence-electron chi connectivity index (χ4n) is 5.95. The van der Waals surface area contributed by atoms with E-state index in [1.807, 2.05) is 6.07 Å². The minimum atomic E-state index is -3.57. The Hall–Kier alpha value is -3.51. The number of benzene rings is 2. The molecular weight excluding hydrogens is 580 g/mol. The molecule has 1 saturated carbocycles. The third-order valence-corrected chi connectivity index (χ3v) is 8.72. The van der Waals surface area contributed by atoms with Gasteiger partial charge in [0.25, 0.3) is 11.8 Å². The highest BCUT2D eigenvalue weighted by Gasteiger charge is 2.49. The number of sulfonamides is 1. The van der Waals surface area contributed by atoms with E-state index in [9.17, 15) is 18.0 Å². The summed E-state index contributed by atoms with van der Waals surface area (Å²) in [5, 5.41) is 0.506. The van der Waals surface area contributed by atoms with Crippen LogP contribution < -0.4 is 14.9 Å². The number of carbonyl (C=O) groups is 2. The Labute approximate surface area is 250 Å². The van der Waals surface area contributed by atoms with Gasteiger partial charge in [0.2, 0.25) is 10.0 Å². The molecule has 0 unspecified atom stereocenters. The van der Waals surface area contributed by atoms with Crippen LogP contribution in [-0.2, 0) is 26.3 Å². The monoisotopic (exact) mass is 612 g/mol. The molecule has 10 nitrogen and oxygen atoms in total. The van der Waals surface area contributed by atoms with Crippen LogP contribution in [0.15, 0.2) is 66.9 Å². The molecular formula is C30H33ClN4O6S. The van der Waals surface area contributed by atoms with E-state index in [0.717, 1.165) is 19.1 Å². The third-order valence-electron chi connectivity index (χ3n) is 7.74. The van der Waals surface area contributed by atoms with Crippen LogP contribution >= 0.6 is 11.6 Å². The number of hydroxylamine groups is 1. The molecule has 2 aliphatic rings. The topological polar surface area (TPSA) is 127 Å². The summed E-state index contributed by atoms with van der Waals surface area (Å²) in [6, 6.07) is 15.6. The predicted molar refractivity (Wildman–Crippen MR) is 157 cm³/mol. The minimum absolute atomic E-state index is 0.0476. The molecule has 1 aromatic heterocycles. The Balaban J connectivity index is 1.61. The van der Waals surface area contributed by atoms with Crippen molar-refractivity contribution in [2.75, 3.05) is 13.4 Å². The highest BCUT2D eigenvalue weighted by Crippen LogP contribution is 2.46. The summed E-state index contributed by atoms with van der Waals surface area (Å²) >= 11 is 6.22. The molecule has 0 bridgehead atoms. The molecule has 42 heavy (non-hydrogen) atoms. The summed E-state index contributed by atoms with van der Waals surface area (Å²) in [6.07, 6.45) is 5.49. The SMILES string of the molecule is COc1ccc2c(c1)C(=O)N([C@H]1CCCC[C@@H]1NS(C)(=O)=O)[C@@H](c1ccc(Cl)cc1)[C@@H]2C(=O)NOCc1ccccn1. The van der Waals surface area contributed by atoms with Gasteiger partial charge in [0.05, 0.1) is 31.0 Å². The molecule has 4 atom stereocenters. The molecule has 12 heteroatoms. The number of nitrogens with one attached hydrogen (secondary N) is 2. The number of amides is 2. The van der Waals surface area contributed by atoms with Crippen molar-refractivity contribution in [3.05, 3.63) is 94.3 Å². The maximum Gasteiger partial charge on any atom is 0.255 e. The third kappa shape index (κ3) is 6.59. The van der Waals surface area contributed by atoms with Crippen molar-refractivity contribution in [1.29, 1.82) is 0 Å². The maximum absolute atomic E-state index is 14.4. The number of aromatic nitrogens is 1. The van der Waals surface area contributed by atoms with Gasteiger partial charge in [-0.15, -0.1) is 0 Å². The van der Waals surface area contributed by atoms with Gasteiger partial charge in [-0.3, -0.25) is 19.4 Å². The number of hydrogen-bond acceptors (Lipinski definition) is 7. The molecule has 2 N–H and O–H groups in total. The van der Waals surface area contributed by atoms with Gasteiger partial charge in [0, 0.05) is 28.9 Å². The van der Waals surface area contributed by atoms with Gasteiger partial charge in [-0.05, 0) is 60.4 Å². The number of hydrogen-bond donors (Lipinski definition) is 2. The number of methoxy groups -OCH3 is 1. The van der Waals surface area contributed by atoms with E-state index in [4.69, 9.17) is 21.2 Å². The van der Waals surface area contributed by atoms with Crippen molar-refractivity contribution in [1.82, 2.24) is 20.1 Å². The molecule has 2 aromatic carbocycles. The van der Waals surface area contributed by atoms with E-state index in [1.54, 1.807) is 65.7 Å². The van der Waals surface area contributed by atoms with Gasteiger partial charge in [0.1, 0.15) is 12.4 Å². The molecule has 1 fully saturated rings. The molecule has 2 amide bonds. The fraction of sp³-hybridized carbons (Fsp3) is 0.367. The van der Waals surface area contributed by atoms with Gasteiger partial charge < -0.3 is 9.64 Å². The molecule has 0 saturated heterocycles.